The van der Waals surface area contributed by atoms with E-state index in [9.17, 15) is 13.2 Å². The summed E-state index contributed by atoms with van der Waals surface area (Å²) in [5, 5.41) is 3.18. The largest absolute Gasteiger partial charge is 0.416 e. The molecule has 0 amide bonds. The van der Waals surface area contributed by atoms with E-state index in [0.717, 1.165) is 32.5 Å². The molecule has 0 bridgehead atoms. The minimum Gasteiger partial charge on any atom is -0.312 e. The van der Waals surface area contributed by atoms with Gasteiger partial charge in [-0.05, 0) is 49.7 Å². The van der Waals surface area contributed by atoms with Crippen LogP contribution in [0.2, 0.25) is 4.34 Å². The highest BCUT2D eigenvalue weighted by molar-refractivity contribution is 7.16. The maximum atomic E-state index is 12.5. The number of hydrogen-bond acceptors (Lipinski definition) is 2. The van der Waals surface area contributed by atoms with Crippen molar-refractivity contribution in [2.75, 3.05) is 7.05 Å². The summed E-state index contributed by atoms with van der Waals surface area (Å²) in [4.78, 5) is 1.08. The van der Waals surface area contributed by atoms with Gasteiger partial charge in [-0.15, -0.1) is 11.3 Å². The molecule has 2 aromatic rings. The summed E-state index contributed by atoms with van der Waals surface area (Å²) in [6, 6.07) is 7.34. The molecular formula is C15H15ClF3NS. The van der Waals surface area contributed by atoms with Crippen LogP contribution >= 0.6 is 22.9 Å². The molecule has 21 heavy (non-hydrogen) atoms. The number of nitrogens with one attached hydrogen (secondary N) is 1. The zero-order chi connectivity index (χ0) is 15.6. The Bertz CT molecular complexity index is 585. The van der Waals surface area contributed by atoms with Gasteiger partial charge in [-0.25, -0.2) is 0 Å². The van der Waals surface area contributed by atoms with Crippen molar-refractivity contribution in [2.45, 2.75) is 25.6 Å². The SMILES string of the molecule is CNC(Cc1ccc(C(F)(F)F)cc1)c1cc(C)c(Cl)s1. The molecule has 2 rings (SSSR count). The highest BCUT2D eigenvalue weighted by atomic mass is 35.5. The van der Waals surface area contributed by atoms with Gasteiger partial charge in [0.1, 0.15) is 0 Å². The van der Waals surface area contributed by atoms with E-state index < -0.39 is 11.7 Å². The molecule has 0 saturated heterocycles. The van der Waals surface area contributed by atoms with E-state index in [1.807, 2.05) is 20.0 Å². The third-order valence-electron chi connectivity index (χ3n) is 3.29. The van der Waals surface area contributed by atoms with Gasteiger partial charge in [0, 0.05) is 10.9 Å². The fourth-order valence-corrected chi connectivity index (χ4v) is 3.39. The first-order valence-electron chi connectivity index (χ1n) is 6.40. The van der Waals surface area contributed by atoms with Crippen LogP contribution in [-0.2, 0) is 12.6 Å². The van der Waals surface area contributed by atoms with Gasteiger partial charge in [-0.2, -0.15) is 13.2 Å². The third-order valence-corrected chi connectivity index (χ3v) is 4.96. The predicted octanol–water partition coefficient (Wildman–Crippen LogP) is 5.23. The molecule has 1 aromatic carbocycles. The monoisotopic (exact) mass is 333 g/mol. The van der Waals surface area contributed by atoms with E-state index in [2.05, 4.69) is 5.32 Å². The lowest BCUT2D eigenvalue weighted by molar-refractivity contribution is -0.137. The maximum absolute atomic E-state index is 12.5. The zero-order valence-electron chi connectivity index (χ0n) is 11.6. The topological polar surface area (TPSA) is 12.0 Å². The van der Waals surface area contributed by atoms with Gasteiger partial charge in [0.15, 0.2) is 0 Å². The van der Waals surface area contributed by atoms with Crippen molar-refractivity contribution in [1.29, 1.82) is 0 Å². The number of alkyl halides is 3. The van der Waals surface area contributed by atoms with Gasteiger partial charge in [-0.1, -0.05) is 23.7 Å². The summed E-state index contributed by atoms with van der Waals surface area (Å²) in [5.41, 5.74) is 1.25. The first-order valence-corrected chi connectivity index (χ1v) is 7.60. The van der Waals surface area contributed by atoms with E-state index in [-0.39, 0.29) is 6.04 Å². The van der Waals surface area contributed by atoms with Crippen molar-refractivity contribution < 1.29 is 13.2 Å². The summed E-state index contributed by atoms with van der Waals surface area (Å²) in [7, 11) is 1.83. The maximum Gasteiger partial charge on any atom is 0.416 e. The van der Waals surface area contributed by atoms with Crippen molar-refractivity contribution >= 4 is 22.9 Å². The summed E-state index contributed by atoms with van der Waals surface area (Å²) in [5.74, 6) is 0. The number of rotatable bonds is 4. The van der Waals surface area contributed by atoms with Crippen LogP contribution in [0.4, 0.5) is 13.2 Å². The highest BCUT2D eigenvalue weighted by Gasteiger charge is 2.30. The predicted molar refractivity (Wildman–Crippen MR) is 81.0 cm³/mol. The molecule has 1 N–H and O–H groups in total. The molecule has 114 valence electrons. The smallest absolute Gasteiger partial charge is 0.312 e. The van der Waals surface area contributed by atoms with Crippen LogP contribution in [-0.4, -0.2) is 7.05 Å². The molecule has 1 nitrogen and oxygen atoms in total. The van der Waals surface area contributed by atoms with E-state index in [4.69, 9.17) is 11.6 Å². The standard InChI is InChI=1S/C15H15ClF3NS/c1-9-7-13(21-14(9)16)12(20-2)8-10-3-5-11(6-4-10)15(17,18)19/h3-7,12,20H,8H2,1-2H3. The molecule has 0 fully saturated rings. The van der Waals surface area contributed by atoms with Crippen molar-refractivity contribution in [3.05, 3.63) is 56.2 Å². The van der Waals surface area contributed by atoms with Crippen molar-refractivity contribution in [1.82, 2.24) is 5.32 Å². The van der Waals surface area contributed by atoms with Crippen LogP contribution in [0.15, 0.2) is 30.3 Å². The second-order valence-electron chi connectivity index (χ2n) is 4.85. The van der Waals surface area contributed by atoms with Crippen LogP contribution in [0, 0.1) is 6.92 Å². The van der Waals surface area contributed by atoms with Crippen LogP contribution in [0.25, 0.3) is 0 Å². The number of halogens is 4. The molecule has 1 aromatic heterocycles. The van der Waals surface area contributed by atoms with Gasteiger partial charge in [0.05, 0.1) is 9.90 Å². The molecule has 1 heterocycles. The summed E-state index contributed by atoms with van der Waals surface area (Å²) in [6.07, 6.45) is -3.68. The first-order chi connectivity index (χ1) is 9.81. The number of hydrogen-bond donors (Lipinski definition) is 1. The second kappa shape index (κ2) is 6.38. The fourth-order valence-electron chi connectivity index (χ4n) is 2.07. The van der Waals surface area contributed by atoms with Gasteiger partial charge in [0.2, 0.25) is 0 Å². The highest BCUT2D eigenvalue weighted by Crippen LogP contribution is 2.33. The number of likely N-dealkylation sites (N-methyl/N-ethyl adjacent to an activating group) is 1. The Hall–Kier alpha value is -1.04. The average molecular weight is 334 g/mol. The van der Waals surface area contributed by atoms with Gasteiger partial charge >= 0.3 is 6.18 Å². The van der Waals surface area contributed by atoms with Gasteiger partial charge < -0.3 is 5.32 Å². The first kappa shape index (κ1) is 16.3. The lowest BCUT2D eigenvalue weighted by Gasteiger charge is -2.15. The van der Waals surface area contributed by atoms with Crippen molar-refractivity contribution in [3.8, 4) is 0 Å². The number of thiophene rings is 1. The van der Waals surface area contributed by atoms with Crippen molar-refractivity contribution in [3.63, 3.8) is 0 Å². The number of aryl methyl sites for hydroxylation is 1. The third kappa shape index (κ3) is 3.99. The summed E-state index contributed by atoms with van der Waals surface area (Å²) in [6.45, 7) is 1.94. The van der Waals surface area contributed by atoms with Crippen molar-refractivity contribution in [2.24, 2.45) is 0 Å². The van der Waals surface area contributed by atoms with E-state index in [1.54, 1.807) is 0 Å². The second-order valence-corrected chi connectivity index (χ2v) is 6.53. The molecule has 1 unspecified atom stereocenters. The van der Waals surface area contributed by atoms with Crippen LogP contribution in [0.1, 0.15) is 27.6 Å². The van der Waals surface area contributed by atoms with Crippen LogP contribution in [0.3, 0.4) is 0 Å². The Labute approximate surface area is 130 Å². The Balaban J connectivity index is 2.15. The quantitative estimate of drug-likeness (QED) is 0.807. The lowest BCUT2D eigenvalue weighted by Crippen LogP contribution is -2.17. The summed E-state index contributed by atoms with van der Waals surface area (Å²) < 4.78 is 38.4. The minimum absolute atomic E-state index is 0.0398. The Morgan fingerprint density at radius 1 is 1.24 bits per heavy atom. The molecule has 0 spiro atoms. The molecule has 1 atom stereocenters. The van der Waals surface area contributed by atoms with Crippen LogP contribution < -0.4 is 5.32 Å². The number of benzene rings is 1. The molecule has 0 saturated carbocycles. The molecule has 0 aliphatic heterocycles. The van der Waals surface area contributed by atoms with Crippen LogP contribution in [0.5, 0.6) is 0 Å². The Kier molecular flexibility index (Phi) is 4.96. The normalized spacial score (nSPS) is 13.4. The molecule has 0 radical (unpaired) electrons. The molecule has 0 aliphatic carbocycles. The van der Waals surface area contributed by atoms with Gasteiger partial charge in [0.25, 0.3) is 0 Å². The fraction of sp³-hybridized carbons (Fsp3) is 0.333. The average Bonchev–Trinajstić information content (AvgIpc) is 2.75. The Morgan fingerprint density at radius 3 is 2.29 bits per heavy atom. The van der Waals surface area contributed by atoms with E-state index in [1.165, 1.54) is 23.5 Å². The molecule has 0 aliphatic rings. The molecular weight excluding hydrogens is 319 g/mol. The minimum atomic E-state index is -4.29. The Morgan fingerprint density at radius 2 is 1.86 bits per heavy atom. The zero-order valence-corrected chi connectivity index (χ0v) is 13.2. The summed E-state index contributed by atoms with van der Waals surface area (Å²) >= 11 is 7.57. The van der Waals surface area contributed by atoms with E-state index >= 15 is 0 Å². The van der Waals surface area contributed by atoms with Gasteiger partial charge in [-0.3, -0.25) is 0 Å². The lowest BCUT2D eigenvalue weighted by atomic mass is 10.0. The molecule has 6 heteroatoms. The van der Waals surface area contributed by atoms with E-state index in [0.29, 0.717) is 6.42 Å².